The molecule has 0 aromatic heterocycles. The van der Waals surface area contributed by atoms with Crippen molar-refractivity contribution in [1.82, 2.24) is 0 Å². The summed E-state index contributed by atoms with van der Waals surface area (Å²) in [6.45, 7) is 0.123. The van der Waals surface area contributed by atoms with Crippen LogP contribution < -0.4 is 14.8 Å². The van der Waals surface area contributed by atoms with E-state index in [1.807, 2.05) is 24.3 Å². The molecule has 3 aromatic carbocycles. The van der Waals surface area contributed by atoms with Crippen LogP contribution in [-0.2, 0) is 11.2 Å². The molecule has 0 saturated heterocycles. The van der Waals surface area contributed by atoms with Gasteiger partial charge in [-0.2, -0.15) is 0 Å². The fraction of sp³-hybridized carbons (Fsp3) is 0.0870. The Morgan fingerprint density at radius 3 is 2.39 bits per heavy atom. The number of nitrogens with one attached hydrogen (secondary N) is 1. The van der Waals surface area contributed by atoms with Crippen LogP contribution in [0.15, 0.2) is 60.2 Å². The minimum absolute atomic E-state index is 0.123. The zero-order valence-electron chi connectivity index (χ0n) is 16.0. The van der Waals surface area contributed by atoms with Gasteiger partial charge in [-0.05, 0) is 53.6 Å². The van der Waals surface area contributed by atoms with Crippen molar-refractivity contribution in [2.24, 2.45) is 0 Å². The monoisotopic (exact) mass is 475 g/mol. The van der Waals surface area contributed by atoms with Gasteiger partial charge < -0.3 is 19.9 Å². The van der Waals surface area contributed by atoms with Crippen molar-refractivity contribution in [2.45, 2.75) is 6.42 Å². The largest absolute Gasteiger partial charge is 0.478 e. The smallest absolute Gasteiger partial charge is 0.331 e. The lowest BCUT2D eigenvalue weighted by atomic mass is 10.0. The van der Waals surface area contributed by atoms with Gasteiger partial charge in [0.1, 0.15) is 0 Å². The van der Waals surface area contributed by atoms with E-state index in [2.05, 4.69) is 5.32 Å². The molecule has 5 nitrogen and oxygen atoms in total. The van der Waals surface area contributed by atoms with E-state index in [1.54, 1.807) is 36.4 Å². The third-order valence-electron chi connectivity index (χ3n) is 4.66. The van der Waals surface area contributed by atoms with E-state index in [4.69, 9.17) is 44.3 Å². The quantitative estimate of drug-likeness (QED) is 0.382. The average molecular weight is 477 g/mol. The van der Waals surface area contributed by atoms with E-state index < -0.39 is 5.97 Å². The normalized spacial score (nSPS) is 12.7. The first-order valence-corrected chi connectivity index (χ1v) is 10.4. The second-order valence-electron chi connectivity index (χ2n) is 6.82. The number of aliphatic carboxylic acids is 1. The molecule has 0 unspecified atom stereocenters. The fourth-order valence-corrected chi connectivity index (χ4v) is 3.66. The number of benzene rings is 3. The number of fused-ring (bicyclic) bond motifs is 1. The average Bonchev–Trinajstić information content (AvgIpc) is 3.18. The first-order valence-electron chi connectivity index (χ1n) is 9.23. The lowest BCUT2D eigenvalue weighted by Gasteiger charge is -2.10. The summed E-state index contributed by atoms with van der Waals surface area (Å²) in [5.74, 6) is 0.0818. The summed E-state index contributed by atoms with van der Waals surface area (Å²) in [6, 6.07) is 15.8. The van der Waals surface area contributed by atoms with E-state index in [0.717, 1.165) is 11.3 Å². The number of anilines is 2. The highest BCUT2D eigenvalue weighted by Crippen LogP contribution is 2.37. The number of rotatable bonds is 6. The molecule has 1 heterocycles. The van der Waals surface area contributed by atoms with Gasteiger partial charge in [0.25, 0.3) is 0 Å². The molecule has 0 amide bonds. The molecule has 0 spiro atoms. The first-order chi connectivity index (χ1) is 14.9. The van der Waals surface area contributed by atoms with Gasteiger partial charge in [0, 0.05) is 33.8 Å². The minimum Gasteiger partial charge on any atom is -0.478 e. The predicted octanol–water partition coefficient (Wildman–Crippen LogP) is 6.83. The highest BCUT2D eigenvalue weighted by Gasteiger charge is 2.19. The zero-order chi connectivity index (χ0) is 22.0. The number of hydrogen-bond acceptors (Lipinski definition) is 4. The molecule has 0 fully saturated rings. The molecule has 0 aliphatic carbocycles. The van der Waals surface area contributed by atoms with Crippen LogP contribution >= 0.6 is 34.8 Å². The summed E-state index contributed by atoms with van der Waals surface area (Å²) in [4.78, 5) is 11.8. The molecular formula is C23H16Cl3NO4. The maximum absolute atomic E-state index is 11.8. The Balaban J connectivity index is 1.54. The molecular weight excluding hydrogens is 461 g/mol. The summed E-state index contributed by atoms with van der Waals surface area (Å²) >= 11 is 18.5. The van der Waals surface area contributed by atoms with Gasteiger partial charge in [-0.15, -0.1) is 0 Å². The van der Waals surface area contributed by atoms with E-state index >= 15 is 0 Å². The van der Waals surface area contributed by atoms with Crippen molar-refractivity contribution in [3.8, 4) is 11.5 Å². The van der Waals surface area contributed by atoms with Gasteiger partial charge in [0.15, 0.2) is 11.5 Å². The van der Waals surface area contributed by atoms with Crippen molar-refractivity contribution in [3.05, 3.63) is 86.4 Å². The Morgan fingerprint density at radius 1 is 0.968 bits per heavy atom. The summed E-state index contributed by atoms with van der Waals surface area (Å²) < 4.78 is 10.7. The molecule has 0 atom stereocenters. The number of carboxylic acid groups (broad SMARTS) is 1. The van der Waals surface area contributed by atoms with Crippen LogP contribution in [0.4, 0.5) is 11.4 Å². The van der Waals surface area contributed by atoms with Crippen LogP contribution in [0.25, 0.3) is 6.08 Å². The van der Waals surface area contributed by atoms with Gasteiger partial charge in [0.2, 0.25) is 6.79 Å². The van der Waals surface area contributed by atoms with Crippen molar-refractivity contribution in [2.75, 3.05) is 12.1 Å². The molecule has 8 heteroatoms. The Kier molecular flexibility index (Phi) is 6.28. The molecule has 0 radical (unpaired) electrons. The lowest BCUT2D eigenvalue weighted by Crippen LogP contribution is -2.04. The van der Waals surface area contributed by atoms with Gasteiger partial charge >= 0.3 is 5.97 Å². The Hall–Kier alpha value is -2.86. The van der Waals surface area contributed by atoms with Crippen LogP contribution in [0.3, 0.4) is 0 Å². The van der Waals surface area contributed by atoms with Gasteiger partial charge in [-0.3, -0.25) is 0 Å². The summed E-state index contributed by atoms with van der Waals surface area (Å²) in [6.07, 6.45) is 1.75. The summed E-state index contributed by atoms with van der Waals surface area (Å²) in [5.41, 5.74) is 3.04. The van der Waals surface area contributed by atoms with Gasteiger partial charge in [-0.25, -0.2) is 4.79 Å². The van der Waals surface area contributed by atoms with Crippen LogP contribution in [0, 0.1) is 0 Å². The first kappa shape index (κ1) is 21.4. The summed E-state index contributed by atoms with van der Waals surface area (Å²) in [7, 11) is 0. The minimum atomic E-state index is -1.03. The number of halogens is 3. The van der Waals surface area contributed by atoms with Gasteiger partial charge in [0.05, 0.1) is 10.7 Å². The molecule has 1 aliphatic rings. The topological polar surface area (TPSA) is 67.8 Å². The van der Waals surface area contributed by atoms with Crippen molar-refractivity contribution >= 4 is 58.2 Å². The van der Waals surface area contributed by atoms with Crippen molar-refractivity contribution in [3.63, 3.8) is 0 Å². The molecule has 0 bridgehead atoms. The highest BCUT2D eigenvalue weighted by molar-refractivity contribution is 6.35. The molecule has 0 saturated carbocycles. The fourth-order valence-electron chi connectivity index (χ4n) is 3.10. The second kappa shape index (κ2) is 9.10. The molecule has 4 rings (SSSR count). The van der Waals surface area contributed by atoms with E-state index in [-0.39, 0.29) is 18.8 Å². The highest BCUT2D eigenvalue weighted by atomic mass is 35.5. The van der Waals surface area contributed by atoms with Crippen LogP contribution in [0.5, 0.6) is 11.5 Å². The zero-order valence-corrected chi connectivity index (χ0v) is 18.3. The number of carbonyl (C=O) groups is 1. The van der Waals surface area contributed by atoms with E-state index in [0.29, 0.717) is 37.8 Å². The third-order valence-corrected chi connectivity index (χ3v) is 5.57. The van der Waals surface area contributed by atoms with E-state index in [1.165, 1.54) is 0 Å². The Morgan fingerprint density at radius 2 is 1.68 bits per heavy atom. The van der Waals surface area contributed by atoms with Crippen molar-refractivity contribution < 1.29 is 19.4 Å². The molecule has 2 N–H and O–H groups in total. The SMILES string of the molecule is O=C(O)C(=Cc1ccc(Nc2cc(Cl)ccc2Cl)cc1)Cc1cc2c(cc1Cl)OCO2. The Bertz CT molecular complexity index is 1180. The predicted molar refractivity (Wildman–Crippen MR) is 123 cm³/mol. The summed E-state index contributed by atoms with van der Waals surface area (Å²) in [5, 5.41) is 14.4. The van der Waals surface area contributed by atoms with Crippen molar-refractivity contribution in [1.29, 1.82) is 0 Å². The van der Waals surface area contributed by atoms with Crippen LogP contribution in [-0.4, -0.2) is 17.9 Å². The second-order valence-corrected chi connectivity index (χ2v) is 8.07. The van der Waals surface area contributed by atoms with Crippen LogP contribution in [0.2, 0.25) is 15.1 Å². The Labute approximate surface area is 193 Å². The maximum atomic E-state index is 11.8. The number of carboxylic acids is 1. The lowest BCUT2D eigenvalue weighted by molar-refractivity contribution is -0.132. The molecule has 158 valence electrons. The number of hydrogen-bond donors (Lipinski definition) is 2. The van der Waals surface area contributed by atoms with Crippen LogP contribution in [0.1, 0.15) is 11.1 Å². The third kappa shape index (κ3) is 5.07. The molecule has 1 aliphatic heterocycles. The standard InChI is InChI=1S/C23H16Cl3NO4/c24-16-3-6-18(25)20(10-16)27-17-4-1-13(2-5-17)7-15(23(28)29)8-14-9-21-22(11-19(14)26)31-12-30-21/h1-7,9-11,27H,8,12H2,(H,28,29). The van der Waals surface area contributed by atoms with Gasteiger partial charge in [-0.1, -0.05) is 46.9 Å². The van der Waals surface area contributed by atoms with E-state index in [9.17, 15) is 9.90 Å². The molecule has 3 aromatic rings. The maximum Gasteiger partial charge on any atom is 0.331 e. The number of ether oxygens (including phenoxy) is 2. The molecule has 31 heavy (non-hydrogen) atoms.